The Morgan fingerprint density at radius 2 is 1.71 bits per heavy atom. The summed E-state index contributed by atoms with van der Waals surface area (Å²) in [6.45, 7) is 7.95. The number of hydrogen-bond donors (Lipinski definition) is 1. The van der Waals surface area contributed by atoms with Gasteiger partial charge in [-0.15, -0.1) is 0 Å². The van der Waals surface area contributed by atoms with Crippen molar-refractivity contribution in [2.75, 3.05) is 18.8 Å². The third kappa shape index (κ3) is 4.85. The quantitative estimate of drug-likeness (QED) is 0.734. The molecule has 6 heteroatoms. The second kappa shape index (κ2) is 7.42. The lowest BCUT2D eigenvalue weighted by atomic mass is 10.2. The van der Waals surface area contributed by atoms with Crippen LogP contribution in [0.5, 0.6) is 0 Å². The summed E-state index contributed by atoms with van der Waals surface area (Å²) in [5.74, 6) is -1.83. The van der Waals surface area contributed by atoms with E-state index in [1.807, 2.05) is 13.8 Å². The molecule has 0 aromatic rings. The van der Waals surface area contributed by atoms with E-state index in [4.69, 9.17) is 5.11 Å². The Morgan fingerprint density at radius 3 is 2.06 bits per heavy atom. The largest absolute Gasteiger partial charge is 0.481 e. The maximum Gasteiger partial charge on any atom is 0.307 e. The average molecular weight is 263 g/mol. The minimum atomic E-state index is -1.44. The summed E-state index contributed by atoms with van der Waals surface area (Å²) in [6, 6.07) is 0. The van der Waals surface area contributed by atoms with Gasteiger partial charge in [-0.05, 0) is 20.8 Å². The fourth-order valence-corrected chi connectivity index (χ4v) is 2.66. The first-order chi connectivity index (χ1) is 7.84. The summed E-state index contributed by atoms with van der Waals surface area (Å²) >= 11 is 0. The first-order valence-electron chi connectivity index (χ1n) is 5.73. The second-order valence-electron chi connectivity index (χ2n) is 3.94. The van der Waals surface area contributed by atoms with E-state index >= 15 is 0 Å². The van der Waals surface area contributed by atoms with Crippen LogP contribution in [0, 0.1) is 5.92 Å². The molecule has 3 unspecified atom stereocenters. The molecule has 17 heavy (non-hydrogen) atoms. The number of carboxylic acid groups (broad SMARTS) is 1. The van der Waals surface area contributed by atoms with Crippen LogP contribution in [0.1, 0.15) is 27.7 Å². The molecule has 0 aromatic heterocycles. The zero-order valence-corrected chi connectivity index (χ0v) is 11.6. The zero-order chi connectivity index (χ0) is 13.6. The molecular weight excluding hydrogens is 242 g/mol. The highest BCUT2D eigenvalue weighted by Gasteiger charge is 2.26. The van der Waals surface area contributed by atoms with Crippen LogP contribution in [0.15, 0.2) is 0 Å². The van der Waals surface area contributed by atoms with Crippen LogP contribution in [-0.2, 0) is 20.4 Å². The lowest BCUT2D eigenvalue weighted by Crippen LogP contribution is -2.40. The van der Waals surface area contributed by atoms with Crippen molar-refractivity contribution in [2.45, 2.75) is 32.9 Å². The second-order valence-corrected chi connectivity index (χ2v) is 5.74. The van der Waals surface area contributed by atoms with Gasteiger partial charge in [0.25, 0.3) is 0 Å². The topological polar surface area (TPSA) is 74.7 Å². The van der Waals surface area contributed by atoms with Gasteiger partial charge < -0.3 is 10.0 Å². The van der Waals surface area contributed by atoms with Crippen LogP contribution in [-0.4, -0.2) is 50.2 Å². The Hall–Kier alpha value is -0.910. The molecule has 0 aliphatic rings. The smallest absolute Gasteiger partial charge is 0.307 e. The van der Waals surface area contributed by atoms with Crippen molar-refractivity contribution in [3.63, 3.8) is 0 Å². The van der Waals surface area contributed by atoms with E-state index < -0.39 is 27.9 Å². The molecule has 0 aliphatic carbocycles. The van der Waals surface area contributed by atoms with E-state index in [1.54, 1.807) is 11.8 Å². The van der Waals surface area contributed by atoms with Crippen molar-refractivity contribution in [3.8, 4) is 0 Å². The maximum atomic E-state index is 11.9. The molecule has 0 rings (SSSR count). The first kappa shape index (κ1) is 16.1. The molecular formula is C11H21NO4S. The average Bonchev–Trinajstić information content (AvgIpc) is 2.28. The molecule has 0 radical (unpaired) electrons. The molecule has 5 nitrogen and oxygen atoms in total. The summed E-state index contributed by atoms with van der Waals surface area (Å²) < 4.78 is 11.8. The standard InChI is InChI=1S/C11H21NO4S/c1-5-12(6-2)10(13)9(4)17(16)7-8(3)11(14)15/h8-9H,5-7H2,1-4H3,(H,14,15). The van der Waals surface area contributed by atoms with Gasteiger partial charge >= 0.3 is 5.97 Å². The molecule has 0 aliphatic heterocycles. The monoisotopic (exact) mass is 263 g/mol. The zero-order valence-electron chi connectivity index (χ0n) is 10.8. The maximum absolute atomic E-state index is 11.9. The number of aliphatic carboxylic acids is 1. The Balaban J connectivity index is 4.49. The van der Waals surface area contributed by atoms with Gasteiger partial charge in [-0.1, -0.05) is 6.92 Å². The van der Waals surface area contributed by atoms with Crippen LogP contribution < -0.4 is 0 Å². The van der Waals surface area contributed by atoms with Crippen molar-refractivity contribution in [1.29, 1.82) is 0 Å². The minimum absolute atomic E-state index is 0.0174. The molecule has 1 N–H and O–H groups in total. The number of carboxylic acids is 1. The third-order valence-electron chi connectivity index (χ3n) is 2.65. The fraction of sp³-hybridized carbons (Fsp3) is 0.818. The van der Waals surface area contributed by atoms with Gasteiger partial charge in [0.15, 0.2) is 0 Å². The van der Waals surface area contributed by atoms with Crippen molar-refractivity contribution < 1.29 is 18.9 Å². The predicted molar refractivity (Wildman–Crippen MR) is 67.2 cm³/mol. The number of carbonyl (C=O) groups excluding carboxylic acids is 1. The van der Waals surface area contributed by atoms with E-state index in [0.29, 0.717) is 13.1 Å². The van der Waals surface area contributed by atoms with E-state index in [-0.39, 0.29) is 11.7 Å². The van der Waals surface area contributed by atoms with Gasteiger partial charge in [0, 0.05) is 29.6 Å². The van der Waals surface area contributed by atoms with Crippen molar-refractivity contribution >= 4 is 22.7 Å². The lowest BCUT2D eigenvalue weighted by Gasteiger charge is -2.22. The molecule has 0 spiro atoms. The molecule has 0 saturated carbocycles. The highest BCUT2D eigenvalue weighted by Crippen LogP contribution is 2.07. The summed E-state index contributed by atoms with van der Waals surface area (Å²) in [4.78, 5) is 24.1. The van der Waals surface area contributed by atoms with Crippen molar-refractivity contribution in [1.82, 2.24) is 4.90 Å². The van der Waals surface area contributed by atoms with E-state index in [0.717, 1.165) is 0 Å². The Labute approximate surface area is 105 Å². The van der Waals surface area contributed by atoms with E-state index in [1.165, 1.54) is 6.92 Å². The Morgan fingerprint density at radius 1 is 1.24 bits per heavy atom. The normalized spacial score (nSPS) is 16.0. The fourth-order valence-electron chi connectivity index (χ4n) is 1.37. The summed E-state index contributed by atoms with van der Waals surface area (Å²) in [7, 11) is -1.44. The van der Waals surface area contributed by atoms with Crippen LogP contribution in [0.3, 0.4) is 0 Å². The molecule has 0 heterocycles. The Kier molecular flexibility index (Phi) is 7.03. The van der Waals surface area contributed by atoms with Crippen LogP contribution >= 0.6 is 0 Å². The number of carbonyl (C=O) groups is 2. The Bertz CT molecular complexity index is 302. The number of rotatable bonds is 7. The highest BCUT2D eigenvalue weighted by molar-refractivity contribution is 7.86. The predicted octanol–water partition coefficient (Wildman–Crippen LogP) is 0.713. The summed E-state index contributed by atoms with van der Waals surface area (Å²) in [5, 5.41) is 8.08. The van der Waals surface area contributed by atoms with Gasteiger partial charge in [-0.25, -0.2) is 0 Å². The number of hydrogen-bond acceptors (Lipinski definition) is 3. The summed E-state index contributed by atoms with van der Waals surface area (Å²) in [5.41, 5.74) is 0. The SMILES string of the molecule is CCN(CC)C(=O)C(C)S(=O)CC(C)C(=O)O. The molecule has 0 aromatic carbocycles. The van der Waals surface area contributed by atoms with Crippen LogP contribution in [0.25, 0.3) is 0 Å². The van der Waals surface area contributed by atoms with Crippen LogP contribution in [0.2, 0.25) is 0 Å². The summed E-state index contributed by atoms with van der Waals surface area (Å²) in [6.07, 6.45) is 0. The lowest BCUT2D eigenvalue weighted by molar-refractivity contribution is -0.140. The van der Waals surface area contributed by atoms with Crippen molar-refractivity contribution in [3.05, 3.63) is 0 Å². The van der Waals surface area contributed by atoms with Gasteiger partial charge in [0.2, 0.25) is 5.91 Å². The molecule has 3 atom stereocenters. The van der Waals surface area contributed by atoms with Gasteiger partial charge in [-0.2, -0.15) is 0 Å². The van der Waals surface area contributed by atoms with Gasteiger partial charge in [0.05, 0.1) is 5.92 Å². The molecule has 100 valence electrons. The number of nitrogens with zero attached hydrogens (tertiary/aromatic N) is 1. The third-order valence-corrected chi connectivity index (χ3v) is 4.47. The van der Waals surface area contributed by atoms with E-state index in [9.17, 15) is 13.8 Å². The molecule has 0 saturated heterocycles. The molecule has 1 amide bonds. The van der Waals surface area contributed by atoms with E-state index in [2.05, 4.69) is 0 Å². The molecule has 0 bridgehead atoms. The first-order valence-corrected chi connectivity index (χ1v) is 7.12. The highest BCUT2D eigenvalue weighted by atomic mass is 32.2. The molecule has 0 fully saturated rings. The number of amides is 1. The van der Waals surface area contributed by atoms with Gasteiger partial charge in [-0.3, -0.25) is 13.8 Å². The van der Waals surface area contributed by atoms with Crippen molar-refractivity contribution in [2.24, 2.45) is 5.92 Å². The minimum Gasteiger partial charge on any atom is -0.481 e. The van der Waals surface area contributed by atoms with Crippen LogP contribution in [0.4, 0.5) is 0 Å². The van der Waals surface area contributed by atoms with Gasteiger partial charge in [0.1, 0.15) is 5.25 Å².